The number of para-hydroxylation sites is 1. The number of rotatable bonds is 5. The molecule has 2 aromatic carbocycles. The van der Waals surface area contributed by atoms with Crippen LogP contribution in [0.25, 0.3) is 17.8 Å². The first kappa shape index (κ1) is 19.6. The summed E-state index contributed by atoms with van der Waals surface area (Å²) in [5.74, 6) is -0.660. The van der Waals surface area contributed by atoms with Gasteiger partial charge in [0.2, 0.25) is 0 Å². The average molecular weight is 387 g/mol. The summed E-state index contributed by atoms with van der Waals surface area (Å²) in [6.07, 6.45) is 3.03. The quantitative estimate of drug-likeness (QED) is 0.720. The van der Waals surface area contributed by atoms with Crippen molar-refractivity contribution in [2.24, 2.45) is 0 Å². The van der Waals surface area contributed by atoms with Crippen LogP contribution in [0, 0.1) is 18.3 Å². The molecule has 0 spiro atoms. The molecule has 0 fully saturated rings. The Morgan fingerprint density at radius 3 is 2.45 bits per heavy atom. The van der Waals surface area contributed by atoms with Crippen molar-refractivity contribution in [3.63, 3.8) is 0 Å². The second kappa shape index (κ2) is 8.23. The molecule has 0 aliphatic rings. The number of hydrogen-bond donors (Lipinski definition) is 1. The summed E-state index contributed by atoms with van der Waals surface area (Å²) in [6.45, 7) is 1.77. The van der Waals surface area contributed by atoms with Crippen molar-refractivity contribution >= 4 is 18.1 Å². The average Bonchev–Trinajstić information content (AvgIpc) is 2.73. The molecule has 1 heterocycles. The summed E-state index contributed by atoms with van der Waals surface area (Å²) >= 11 is 0. The van der Waals surface area contributed by atoms with Gasteiger partial charge in [-0.25, -0.2) is 4.79 Å². The molecule has 0 unspecified atom stereocenters. The van der Waals surface area contributed by atoms with Crippen LogP contribution in [0.3, 0.4) is 0 Å². The lowest BCUT2D eigenvalue weighted by molar-refractivity contribution is 0.0688. The summed E-state index contributed by atoms with van der Waals surface area (Å²) in [5, 5.41) is 23.3. The molecule has 0 saturated heterocycles. The van der Waals surface area contributed by atoms with E-state index < -0.39 is 11.5 Å². The number of aromatic nitrogens is 2. The van der Waals surface area contributed by atoms with Gasteiger partial charge in [0.15, 0.2) is 5.69 Å². The fourth-order valence-corrected chi connectivity index (χ4v) is 2.83. The highest BCUT2D eigenvalue weighted by molar-refractivity contribution is 5.92. The highest BCUT2D eigenvalue weighted by Gasteiger charge is 2.21. The number of carbonyl (C=O) groups is 1. The van der Waals surface area contributed by atoms with Crippen LogP contribution in [0.2, 0.25) is 0 Å². The van der Waals surface area contributed by atoms with E-state index in [1.165, 1.54) is 6.08 Å². The lowest BCUT2D eigenvalue weighted by Crippen LogP contribution is -2.28. The van der Waals surface area contributed by atoms with Gasteiger partial charge in [0.05, 0.1) is 12.8 Å². The van der Waals surface area contributed by atoms with E-state index in [0.29, 0.717) is 11.4 Å². The fourth-order valence-electron chi connectivity index (χ4n) is 2.83. The van der Waals surface area contributed by atoms with Crippen LogP contribution in [0.5, 0.6) is 5.75 Å². The van der Waals surface area contributed by atoms with Crippen molar-refractivity contribution in [1.82, 2.24) is 9.78 Å². The Hall–Kier alpha value is -4.18. The summed E-state index contributed by atoms with van der Waals surface area (Å²) in [4.78, 5) is 24.7. The van der Waals surface area contributed by atoms with E-state index in [1.54, 1.807) is 68.6 Å². The maximum Gasteiger partial charge on any atom is 0.357 e. The van der Waals surface area contributed by atoms with Gasteiger partial charge in [0.1, 0.15) is 17.4 Å². The summed E-state index contributed by atoms with van der Waals surface area (Å²) in [5.41, 5.74) is 0.506. The van der Waals surface area contributed by atoms with E-state index in [-0.39, 0.29) is 16.8 Å². The van der Waals surface area contributed by atoms with E-state index in [2.05, 4.69) is 5.10 Å². The number of nitriles is 1. The first-order valence-electron chi connectivity index (χ1n) is 8.65. The minimum Gasteiger partial charge on any atom is -0.497 e. The van der Waals surface area contributed by atoms with Crippen LogP contribution >= 0.6 is 0 Å². The maximum atomic E-state index is 12.9. The summed E-state index contributed by atoms with van der Waals surface area (Å²) < 4.78 is 6.06. The van der Waals surface area contributed by atoms with Gasteiger partial charge in [0.25, 0.3) is 5.56 Å². The third kappa shape index (κ3) is 3.92. The van der Waals surface area contributed by atoms with Crippen LogP contribution < -0.4 is 10.3 Å². The zero-order valence-electron chi connectivity index (χ0n) is 15.8. The molecule has 7 nitrogen and oxygen atoms in total. The Kier molecular flexibility index (Phi) is 5.56. The van der Waals surface area contributed by atoms with Crippen molar-refractivity contribution in [2.75, 3.05) is 7.11 Å². The first-order chi connectivity index (χ1) is 14.0. The molecule has 0 aliphatic heterocycles. The van der Waals surface area contributed by atoms with E-state index in [0.717, 1.165) is 15.8 Å². The number of ether oxygens (including phenoxy) is 1. The Morgan fingerprint density at radius 2 is 1.86 bits per heavy atom. The lowest BCUT2D eigenvalue weighted by Gasteiger charge is -2.11. The molecule has 0 aliphatic carbocycles. The summed E-state index contributed by atoms with van der Waals surface area (Å²) in [6, 6.07) is 15.8. The number of carboxylic acid groups (broad SMARTS) is 1. The van der Waals surface area contributed by atoms with Crippen molar-refractivity contribution in [3.8, 4) is 17.5 Å². The van der Waals surface area contributed by atoms with Gasteiger partial charge in [-0.15, -0.1) is 0 Å². The number of benzene rings is 2. The van der Waals surface area contributed by atoms with Gasteiger partial charge in [0, 0.05) is 5.56 Å². The molecule has 1 aromatic heterocycles. The molecule has 3 rings (SSSR count). The standard InChI is InChI=1S/C22H17N3O4/c1-14-5-3-4-6-19(14)25-21(26)18(13-23)17(20(24-25)22(27)28)12-9-15-7-10-16(29-2)11-8-15/h3-12H,1-2H3,(H,27,28)/b12-9-. The molecule has 0 atom stereocenters. The molecule has 7 heteroatoms. The zero-order chi connectivity index (χ0) is 21.0. The normalized spacial score (nSPS) is 10.7. The van der Waals surface area contributed by atoms with Gasteiger partial charge in [-0.05, 0) is 36.2 Å². The second-order valence-corrected chi connectivity index (χ2v) is 6.16. The predicted molar refractivity (Wildman–Crippen MR) is 108 cm³/mol. The molecular formula is C22H17N3O4. The molecule has 29 heavy (non-hydrogen) atoms. The van der Waals surface area contributed by atoms with Crippen LogP contribution in [0.1, 0.15) is 32.7 Å². The van der Waals surface area contributed by atoms with Gasteiger partial charge < -0.3 is 9.84 Å². The van der Waals surface area contributed by atoms with Gasteiger partial charge in [-0.2, -0.15) is 15.0 Å². The lowest BCUT2D eigenvalue weighted by atomic mass is 10.1. The number of aryl methyl sites for hydroxylation is 1. The highest BCUT2D eigenvalue weighted by Crippen LogP contribution is 2.18. The molecule has 0 bridgehead atoms. The first-order valence-corrected chi connectivity index (χ1v) is 8.65. The molecule has 3 aromatic rings. The maximum absolute atomic E-state index is 12.9. The highest BCUT2D eigenvalue weighted by atomic mass is 16.5. The van der Waals surface area contributed by atoms with E-state index in [4.69, 9.17) is 4.74 Å². The third-order valence-corrected chi connectivity index (χ3v) is 4.35. The largest absolute Gasteiger partial charge is 0.497 e. The van der Waals surface area contributed by atoms with E-state index >= 15 is 0 Å². The van der Waals surface area contributed by atoms with Gasteiger partial charge >= 0.3 is 5.97 Å². The Morgan fingerprint density at radius 1 is 1.17 bits per heavy atom. The topological polar surface area (TPSA) is 105 Å². The number of carboxylic acids is 1. The molecule has 144 valence electrons. The monoisotopic (exact) mass is 387 g/mol. The van der Waals surface area contributed by atoms with Crippen LogP contribution in [0.15, 0.2) is 53.3 Å². The van der Waals surface area contributed by atoms with Crippen LogP contribution in [0.4, 0.5) is 0 Å². The SMILES string of the molecule is COc1ccc(/C=C\c2c(C(=O)O)nn(-c3ccccc3C)c(=O)c2C#N)cc1. The van der Waals surface area contributed by atoms with E-state index in [1.807, 2.05) is 6.07 Å². The minimum absolute atomic E-state index is 0.0364. The Bertz CT molecular complexity index is 1200. The van der Waals surface area contributed by atoms with Crippen LogP contribution in [-0.4, -0.2) is 28.0 Å². The molecular weight excluding hydrogens is 370 g/mol. The second-order valence-electron chi connectivity index (χ2n) is 6.16. The smallest absolute Gasteiger partial charge is 0.357 e. The van der Waals surface area contributed by atoms with Gasteiger partial charge in [-0.1, -0.05) is 42.5 Å². The van der Waals surface area contributed by atoms with Gasteiger partial charge in [-0.3, -0.25) is 4.79 Å². The van der Waals surface area contributed by atoms with E-state index in [9.17, 15) is 20.0 Å². The fraction of sp³-hybridized carbons (Fsp3) is 0.0909. The number of aromatic carboxylic acids is 1. The molecule has 0 radical (unpaired) electrons. The summed E-state index contributed by atoms with van der Waals surface area (Å²) in [7, 11) is 1.55. The van der Waals surface area contributed by atoms with Crippen LogP contribution in [-0.2, 0) is 0 Å². The third-order valence-electron chi connectivity index (χ3n) is 4.35. The number of hydrogen-bond acceptors (Lipinski definition) is 5. The molecule has 0 saturated carbocycles. The minimum atomic E-state index is -1.33. The Balaban J connectivity index is 2.19. The molecule has 1 N–H and O–H groups in total. The van der Waals surface area contributed by atoms with Crippen molar-refractivity contribution in [1.29, 1.82) is 5.26 Å². The Labute approximate surface area is 166 Å². The van der Waals surface area contributed by atoms with Crippen molar-refractivity contribution in [3.05, 3.63) is 86.8 Å². The number of methoxy groups -OCH3 is 1. The van der Waals surface area contributed by atoms with Crippen molar-refractivity contribution in [2.45, 2.75) is 6.92 Å². The predicted octanol–water partition coefficient (Wildman–Crippen LogP) is 3.29. The molecule has 0 amide bonds. The zero-order valence-corrected chi connectivity index (χ0v) is 15.8. The number of nitrogens with zero attached hydrogens (tertiary/aromatic N) is 3. The van der Waals surface area contributed by atoms with Crippen molar-refractivity contribution < 1.29 is 14.6 Å².